The Bertz CT molecular complexity index is 1010. The van der Waals surface area contributed by atoms with Crippen molar-refractivity contribution >= 4 is 16.9 Å². The number of ether oxygens (including phenoxy) is 2. The van der Waals surface area contributed by atoms with Crippen LogP contribution in [0.1, 0.15) is 40.5 Å². The molecule has 1 aromatic carbocycles. The van der Waals surface area contributed by atoms with E-state index in [1.165, 1.54) is 0 Å². The van der Waals surface area contributed by atoms with E-state index in [0.717, 1.165) is 46.8 Å². The summed E-state index contributed by atoms with van der Waals surface area (Å²) in [7, 11) is 3.49. The number of fused-ring (bicyclic) bond motifs is 1. The Kier molecular flexibility index (Phi) is 4.90. The summed E-state index contributed by atoms with van der Waals surface area (Å²) < 4.78 is 12.6. The fourth-order valence-corrected chi connectivity index (χ4v) is 3.33. The number of nitrogens with one attached hydrogen (secondary N) is 1. The maximum absolute atomic E-state index is 12.9. The number of aromatic nitrogens is 3. The van der Waals surface area contributed by atoms with Gasteiger partial charge in [0.15, 0.2) is 5.65 Å². The number of carbonyl (C=O) groups is 1. The molecule has 7 nitrogen and oxygen atoms in total. The smallest absolute Gasteiger partial charge is 0.252 e. The second-order valence-corrected chi connectivity index (χ2v) is 7.06. The molecule has 0 atom stereocenters. The van der Waals surface area contributed by atoms with Crippen molar-refractivity contribution in [2.24, 2.45) is 7.05 Å². The quantitative estimate of drug-likeness (QED) is 0.638. The third-order valence-electron chi connectivity index (χ3n) is 4.94. The molecule has 1 fully saturated rings. The van der Waals surface area contributed by atoms with Crippen molar-refractivity contribution in [2.45, 2.75) is 25.7 Å². The van der Waals surface area contributed by atoms with Crippen molar-refractivity contribution in [3.63, 3.8) is 0 Å². The average molecular weight is 380 g/mol. The molecule has 0 unspecified atom stereocenters. The van der Waals surface area contributed by atoms with Gasteiger partial charge in [-0.1, -0.05) is 0 Å². The predicted molar refractivity (Wildman–Crippen MR) is 106 cm³/mol. The highest BCUT2D eigenvalue weighted by Gasteiger charge is 2.28. The lowest BCUT2D eigenvalue weighted by Gasteiger charge is -2.10. The fourth-order valence-electron chi connectivity index (χ4n) is 3.33. The molecule has 1 aliphatic rings. The minimum absolute atomic E-state index is 0.122. The highest BCUT2D eigenvalue weighted by atomic mass is 16.5. The molecule has 2 heterocycles. The molecule has 28 heavy (non-hydrogen) atoms. The zero-order valence-electron chi connectivity index (χ0n) is 16.4. The summed E-state index contributed by atoms with van der Waals surface area (Å²) in [6, 6.07) is 9.29. The molecule has 4 rings (SSSR count). The van der Waals surface area contributed by atoms with Crippen LogP contribution in [0.25, 0.3) is 11.0 Å². The zero-order chi connectivity index (χ0) is 19.7. The molecule has 0 saturated heterocycles. The number of amides is 1. The maximum atomic E-state index is 12.9. The number of benzene rings is 1. The standard InChI is InChI=1S/C21H24N4O3/c1-13-19-17(12-18(14-4-5-14)23-20(19)25(2)24-13)21(26)22-10-11-28-16-8-6-15(27-3)7-9-16/h6-9,12,14H,4-5,10-11H2,1-3H3,(H,22,26). The molecule has 3 aromatic rings. The first-order valence-electron chi connectivity index (χ1n) is 9.46. The Morgan fingerprint density at radius 3 is 2.64 bits per heavy atom. The van der Waals surface area contributed by atoms with Crippen molar-refractivity contribution in [2.75, 3.05) is 20.3 Å². The fraction of sp³-hybridized carbons (Fsp3) is 0.381. The maximum Gasteiger partial charge on any atom is 0.252 e. The molecule has 1 aliphatic carbocycles. The molecule has 7 heteroatoms. The first-order chi connectivity index (χ1) is 13.6. The van der Waals surface area contributed by atoms with E-state index in [0.29, 0.717) is 24.6 Å². The van der Waals surface area contributed by atoms with Crippen LogP contribution in [-0.2, 0) is 7.05 Å². The second kappa shape index (κ2) is 7.50. The van der Waals surface area contributed by atoms with Crippen LogP contribution in [0.15, 0.2) is 30.3 Å². The van der Waals surface area contributed by atoms with E-state index in [4.69, 9.17) is 14.5 Å². The lowest BCUT2D eigenvalue weighted by Crippen LogP contribution is -2.28. The van der Waals surface area contributed by atoms with Crippen LogP contribution in [0.5, 0.6) is 11.5 Å². The van der Waals surface area contributed by atoms with E-state index >= 15 is 0 Å². The number of hydrogen-bond acceptors (Lipinski definition) is 5. The number of aryl methyl sites for hydroxylation is 2. The highest BCUT2D eigenvalue weighted by Crippen LogP contribution is 2.40. The third kappa shape index (κ3) is 3.65. The van der Waals surface area contributed by atoms with Crippen LogP contribution < -0.4 is 14.8 Å². The minimum Gasteiger partial charge on any atom is -0.497 e. The Balaban J connectivity index is 1.44. The van der Waals surface area contributed by atoms with E-state index in [1.54, 1.807) is 11.8 Å². The van der Waals surface area contributed by atoms with Gasteiger partial charge < -0.3 is 14.8 Å². The summed E-state index contributed by atoms with van der Waals surface area (Å²) in [4.78, 5) is 17.6. The molecule has 1 amide bonds. The van der Waals surface area contributed by atoms with E-state index in [2.05, 4.69) is 10.4 Å². The number of hydrogen-bond donors (Lipinski definition) is 1. The lowest BCUT2D eigenvalue weighted by molar-refractivity contribution is 0.0948. The Hall–Kier alpha value is -3.09. The minimum atomic E-state index is -0.122. The first kappa shape index (κ1) is 18.3. The number of pyridine rings is 1. The van der Waals surface area contributed by atoms with Gasteiger partial charge in [-0.2, -0.15) is 5.10 Å². The molecule has 0 aliphatic heterocycles. The van der Waals surface area contributed by atoms with E-state index in [-0.39, 0.29) is 5.91 Å². The summed E-state index contributed by atoms with van der Waals surface area (Å²) in [5, 5.41) is 8.22. The van der Waals surface area contributed by atoms with Gasteiger partial charge in [-0.3, -0.25) is 9.48 Å². The summed E-state index contributed by atoms with van der Waals surface area (Å²) in [6.45, 7) is 2.70. The number of methoxy groups -OCH3 is 1. The topological polar surface area (TPSA) is 78.3 Å². The Morgan fingerprint density at radius 2 is 1.96 bits per heavy atom. The lowest BCUT2D eigenvalue weighted by atomic mass is 10.1. The van der Waals surface area contributed by atoms with Gasteiger partial charge in [0.05, 0.1) is 30.3 Å². The monoisotopic (exact) mass is 380 g/mol. The van der Waals surface area contributed by atoms with Crippen molar-refractivity contribution in [1.82, 2.24) is 20.1 Å². The summed E-state index contributed by atoms with van der Waals surface area (Å²) >= 11 is 0. The van der Waals surface area contributed by atoms with Gasteiger partial charge in [0.1, 0.15) is 18.1 Å². The van der Waals surface area contributed by atoms with Gasteiger partial charge in [-0.15, -0.1) is 0 Å². The number of nitrogens with zero attached hydrogens (tertiary/aromatic N) is 3. The van der Waals surface area contributed by atoms with Gasteiger partial charge in [-0.25, -0.2) is 4.98 Å². The largest absolute Gasteiger partial charge is 0.497 e. The zero-order valence-corrected chi connectivity index (χ0v) is 16.4. The molecule has 1 saturated carbocycles. The summed E-state index contributed by atoms with van der Waals surface area (Å²) in [6.07, 6.45) is 2.26. The van der Waals surface area contributed by atoms with E-state index < -0.39 is 0 Å². The second-order valence-electron chi connectivity index (χ2n) is 7.06. The van der Waals surface area contributed by atoms with Crippen LogP contribution in [0.2, 0.25) is 0 Å². The average Bonchev–Trinajstić information content (AvgIpc) is 3.51. The number of rotatable bonds is 7. The number of carbonyl (C=O) groups excluding carboxylic acids is 1. The SMILES string of the molecule is COc1ccc(OCCNC(=O)c2cc(C3CC3)nc3c2c(C)nn3C)cc1. The van der Waals surface area contributed by atoms with Crippen molar-refractivity contribution in [1.29, 1.82) is 0 Å². The highest BCUT2D eigenvalue weighted by molar-refractivity contribution is 6.06. The molecule has 2 aromatic heterocycles. The van der Waals surface area contributed by atoms with Gasteiger partial charge >= 0.3 is 0 Å². The van der Waals surface area contributed by atoms with Crippen LogP contribution in [0, 0.1) is 6.92 Å². The van der Waals surface area contributed by atoms with Crippen LogP contribution in [-0.4, -0.2) is 40.9 Å². The van der Waals surface area contributed by atoms with Crippen LogP contribution in [0.4, 0.5) is 0 Å². The van der Waals surface area contributed by atoms with Gasteiger partial charge in [0.25, 0.3) is 5.91 Å². The molecule has 0 bridgehead atoms. The first-order valence-corrected chi connectivity index (χ1v) is 9.46. The van der Waals surface area contributed by atoms with Gasteiger partial charge in [-0.05, 0) is 50.1 Å². The van der Waals surface area contributed by atoms with E-state index in [9.17, 15) is 4.79 Å². The van der Waals surface area contributed by atoms with Crippen LogP contribution >= 0.6 is 0 Å². The molecule has 0 radical (unpaired) electrons. The van der Waals surface area contributed by atoms with Crippen molar-refractivity contribution in [3.8, 4) is 11.5 Å². The molecule has 0 spiro atoms. The van der Waals surface area contributed by atoms with Crippen molar-refractivity contribution < 1.29 is 14.3 Å². The Labute approximate surface area is 163 Å². The summed E-state index contributed by atoms with van der Waals surface area (Å²) in [5.74, 6) is 1.86. The molecular formula is C21H24N4O3. The third-order valence-corrected chi connectivity index (χ3v) is 4.94. The normalized spacial score (nSPS) is 13.5. The van der Waals surface area contributed by atoms with Crippen LogP contribution in [0.3, 0.4) is 0 Å². The van der Waals surface area contributed by atoms with Gasteiger partial charge in [0.2, 0.25) is 0 Å². The Morgan fingerprint density at radius 1 is 1.25 bits per heavy atom. The molecular weight excluding hydrogens is 356 g/mol. The van der Waals surface area contributed by atoms with E-state index in [1.807, 2.05) is 44.3 Å². The van der Waals surface area contributed by atoms with Crippen molar-refractivity contribution in [3.05, 3.63) is 47.3 Å². The molecule has 146 valence electrons. The van der Waals surface area contributed by atoms with Gasteiger partial charge in [0, 0.05) is 18.7 Å². The summed E-state index contributed by atoms with van der Waals surface area (Å²) in [5.41, 5.74) is 3.20. The molecule has 1 N–H and O–H groups in total. The predicted octanol–water partition coefficient (Wildman–Crippen LogP) is 2.97.